The first-order valence-corrected chi connectivity index (χ1v) is 10.7. The number of aromatic nitrogens is 2. The van der Waals surface area contributed by atoms with Crippen molar-refractivity contribution in [3.8, 4) is 0 Å². The summed E-state index contributed by atoms with van der Waals surface area (Å²) in [5.74, 6) is -1.63. The fraction of sp³-hybridized carbons (Fsp3) is 0.444. The van der Waals surface area contributed by atoms with Crippen molar-refractivity contribution >= 4 is 63.4 Å². The van der Waals surface area contributed by atoms with Gasteiger partial charge in [-0.2, -0.15) is 18.2 Å². The normalized spacial score (nSPS) is 13.9. The number of pyridine rings is 2. The molecule has 172 valence electrons. The zero-order valence-corrected chi connectivity index (χ0v) is 21.9. The van der Waals surface area contributed by atoms with Crippen molar-refractivity contribution in [2.45, 2.75) is 52.0 Å². The third-order valence-corrected chi connectivity index (χ3v) is 4.59. The van der Waals surface area contributed by atoms with Gasteiger partial charge in [0.1, 0.15) is 5.82 Å². The Morgan fingerprint density at radius 3 is 1.50 bits per heavy atom. The van der Waals surface area contributed by atoms with E-state index in [0.29, 0.717) is 9.39 Å². The Kier molecular flexibility index (Phi) is 17.1. The molecule has 0 fully saturated rings. The first-order chi connectivity index (χ1) is 13.3. The van der Waals surface area contributed by atoms with Crippen molar-refractivity contribution in [2.75, 3.05) is 5.32 Å². The van der Waals surface area contributed by atoms with Gasteiger partial charge in [0.25, 0.3) is 0 Å². The molecule has 2 rings (SSSR count). The van der Waals surface area contributed by atoms with Crippen LogP contribution in [0.25, 0.3) is 0 Å². The van der Waals surface area contributed by atoms with Crippen molar-refractivity contribution < 1.29 is 23.4 Å². The van der Waals surface area contributed by atoms with E-state index in [0.717, 1.165) is 15.7 Å². The Morgan fingerprint density at radius 1 is 0.833 bits per heavy atom. The van der Waals surface area contributed by atoms with E-state index < -0.39 is 23.9 Å². The number of aliphatic hydroxyl groups is 2. The molecular formula is C18H26ClF3I2N4O2. The predicted molar refractivity (Wildman–Crippen MR) is 131 cm³/mol. The lowest BCUT2D eigenvalue weighted by atomic mass is 10.2. The van der Waals surface area contributed by atoms with Crippen molar-refractivity contribution in [3.05, 3.63) is 49.2 Å². The molecule has 0 radical (unpaired) electrons. The highest BCUT2D eigenvalue weighted by atomic mass is 127. The van der Waals surface area contributed by atoms with E-state index in [9.17, 15) is 18.3 Å². The molecule has 0 bridgehead atoms. The standard InChI is InChI=1S/C9H12FIN2O.C5H2F2IN.C4H11NO.ClH/c1-5(6(2)14)12-9-4-7(11)3-8(10)13-9;6-4-1-3(8)2-5(7)9-4;1-3(5)4(2)6;/h3-6,14H,1-2H3,(H,12,13);1-2H;3-4,6H,5H2,1-2H3;1H/t5-,6-;;3-,4-;/m1.1./s1. The number of rotatable bonds is 4. The molecule has 6 nitrogen and oxygen atoms in total. The maximum atomic E-state index is 12.9. The van der Waals surface area contributed by atoms with Crippen molar-refractivity contribution in [1.82, 2.24) is 9.97 Å². The molecule has 0 spiro atoms. The van der Waals surface area contributed by atoms with Gasteiger partial charge in [0.05, 0.1) is 18.2 Å². The van der Waals surface area contributed by atoms with Crippen molar-refractivity contribution in [3.63, 3.8) is 0 Å². The summed E-state index contributed by atoms with van der Waals surface area (Å²) >= 11 is 3.82. The number of halogens is 6. The van der Waals surface area contributed by atoms with Gasteiger partial charge in [-0.1, -0.05) is 0 Å². The molecule has 0 aromatic carbocycles. The molecule has 0 aliphatic heterocycles. The van der Waals surface area contributed by atoms with Gasteiger partial charge in [-0.05, 0) is 78.9 Å². The number of nitrogens with one attached hydrogen (secondary N) is 1. The maximum Gasteiger partial charge on any atom is 0.216 e. The lowest BCUT2D eigenvalue weighted by Crippen LogP contribution is -2.28. The second kappa shape index (κ2) is 16.2. The second-order valence-electron chi connectivity index (χ2n) is 6.20. The number of hydrogen-bond donors (Lipinski definition) is 4. The van der Waals surface area contributed by atoms with Gasteiger partial charge in [-0.25, -0.2) is 4.98 Å². The summed E-state index contributed by atoms with van der Waals surface area (Å²) in [7, 11) is 0. The largest absolute Gasteiger partial charge is 0.392 e. The lowest BCUT2D eigenvalue weighted by Gasteiger charge is -2.17. The highest BCUT2D eigenvalue weighted by molar-refractivity contribution is 14.1. The molecule has 0 amide bonds. The number of nitrogens with zero attached hydrogens (tertiary/aromatic N) is 2. The van der Waals surface area contributed by atoms with Gasteiger partial charge in [-0.3, -0.25) is 0 Å². The zero-order chi connectivity index (χ0) is 22.7. The fourth-order valence-electron chi connectivity index (χ4n) is 1.33. The van der Waals surface area contributed by atoms with E-state index in [4.69, 9.17) is 10.8 Å². The number of aliphatic hydroxyl groups excluding tert-OH is 2. The van der Waals surface area contributed by atoms with E-state index in [2.05, 4.69) is 15.3 Å². The van der Waals surface area contributed by atoms with Gasteiger partial charge in [-0.15, -0.1) is 12.4 Å². The van der Waals surface area contributed by atoms with Crippen LogP contribution >= 0.6 is 57.6 Å². The molecule has 0 saturated carbocycles. The summed E-state index contributed by atoms with van der Waals surface area (Å²) in [5, 5.41) is 20.7. The molecule has 0 aliphatic rings. The van der Waals surface area contributed by atoms with Crippen LogP contribution in [0.15, 0.2) is 24.3 Å². The van der Waals surface area contributed by atoms with Crippen LogP contribution in [0.5, 0.6) is 0 Å². The molecule has 2 aromatic rings. The molecule has 5 N–H and O–H groups in total. The first kappa shape index (κ1) is 31.7. The SMILES string of the molecule is C[C@@H](N)[C@@H](C)O.C[C@@H](O)[C@@H](C)Nc1cc(I)cc(F)n1.Cl.Fc1cc(I)cc(F)n1. The first-order valence-electron chi connectivity index (χ1n) is 8.51. The minimum atomic E-state index is -0.778. The average Bonchev–Trinajstić information content (AvgIpc) is 2.53. The van der Waals surface area contributed by atoms with Crippen LogP contribution in [0.3, 0.4) is 0 Å². The topological polar surface area (TPSA) is 104 Å². The summed E-state index contributed by atoms with van der Waals surface area (Å²) < 4.78 is 38.3. The minimum absolute atomic E-state index is 0. The van der Waals surface area contributed by atoms with Crippen LogP contribution in [-0.4, -0.2) is 44.5 Å². The molecule has 0 saturated heterocycles. The van der Waals surface area contributed by atoms with Gasteiger partial charge in [0.2, 0.25) is 17.8 Å². The average molecular weight is 677 g/mol. The van der Waals surface area contributed by atoms with E-state index in [1.807, 2.05) is 52.1 Å². The van der Waals surface area contributed by atoms with Crippen LogP contribution < -0.4 is 11.1 Å². The van der Waals surface area contributed by atoms with E-state index in [1.165, 1.54) is 6.07 Å². The van der Waals surface area contributed by atoms with Crippen molar-refractivity contribution in [2.24, 2.45) is 5.73 Å². The summed E-state index contributed by atoms with van der Waals surface area (Å²) in [6.45, 7) is 6.92. The number of nitrogens with two attached hydrogens (primary N) is 1. The Morgan fingerprint density at radius 2 is 1.20 bits per heavy atom. The summed E-state index contributed by atoms with van der Waals surface area (Å²) in [6.07, 6.45) is -0.872. The van der Waals surface area contributed by atoms with Gasteiger partial charge in [0.15, 0.2) is 0 Å². The van der Waals surface area contributed by atoms with Crippen LogP contribution in [0.1, 0.15) is 27.7 Å². The number of hydrogen-bond acceptors (Lipinski definition) is 6. The quantitative estimate of drug-likeness (QED) is 0.287. The van der Waals surface area contributed by atoms with Crippen LogP contribution in [-0.2, 0) is 0 Å². The van der Waals surface area contributed by atoms with E-state index in [-0.39, 0.29) is 30.6 Å². The molecule has 0 unspecified atom stereocenters. The highest BCUT2D eigenvalue weighted by Crippen LogP contribution is 2.13. The fourth-order valence-corrected chi connectivity index (χ4v) is 2.40. The van der Waals surface area contributed by atoms with Gasteiger partial charge >= 0.3 is 0 Å². The van der Waals surface area contributed by atoms with E-state index >= 15 is 0 Å². The second-order valence-corrected chi connectivity index (χ2v) is 8.69. The molecule has 4 atom stereocenters. The van der Waals surface area contributed by atoms with Gasteiger partial charge in [0, 0.05) is 31.4 Å². The molecule has 2 aromatic heterocycles. The Hall–Kier alpha value is -0.480. The molecule has 2 heterocycles. The minimum Gasteiger partial charge on any atom is -0.392 e. The Bertz CT molecular complexity index is 683. The predicted octanol–water partition coefficient (Wildman–Crippen LogP) is 4.11. The number of anilines is 1. The summed E-state index contributed by atoms with van der Waals surface area (Å²) in [4.78, 5) is 6.56. The van der Waals surface area contributed by atoms with Crippen LogP contribution in [0.2, 0.25) is 0 Å². The Balaban J connectivity index is 0. The summed E-state index contributed by atoms with van der Waals surface area (Å²) in [5.41, 5.74) is 5.19. The third-order valence-electron chi connectivity index (χ3n) is 3.35. The third kappa shape index (κ3) is 15.3. The van der Waals surface area contributed by atoms with Gasteiger partial charge < -0.3 is 21.3 Å². The maximum absolute atomic E-state index is 12.9. The molecule has 30 heavy (non-hydrogen) atoms. The summed E-state index contributed by atoms with van der Waals surface area (Å²) in [6, 6.07) is 5.14. The van der Waals surface area contributed by atoms with E-state index in [1.54, 1.807) is 26.8 Å². The molecule has 0 aliphatic carbocycles. The molecular weight excluding hydrogens is 650 g/mol. The highest BCUT2D eigenvalue weighted by Gasteiger charge is 2.09. The zero-order valence-electron chi connectivity index (χ0n) is 16.8. The smallest absolute Gasteiger partial charge is 0.216 e. The monoisotopic (exact) mass is 676 g/mol. The lowest BCUT2D eigenvalue weighted by molar-refractivity contribution is 0.170. The molecule has 12 heteroatoms. The Labute approximate surface area is 208 Å². The van der Waals surface area contributed by atoms with Crippen molar-refractivity contribution in [1.29, 1.82) is 0 Å². The van der Waals surface area contributed by atoms with Crippen LogP contribution in [0.4, 0.5) is 19.0 Å². The van der Waals surface area contributed by atoms with Crippen LogP contribution in [0, 0.1) is 25.0 Å².